The molecule has 1 aliphatic carbocycles. The van der Waals surface area contributed by atoms with Gasteiger partial charge in [0, 0.05) is 17.0 Å². The maximum atomic E-state index is 12.3. The summed E-state index contributed by atoms with van der Waals surface area (Å²) in [4.78, 5) is 12.3. The molecule has 2 rings (SSSR count). The molecule has 0 bridgehead atoms. The molecule has 0 spiro atoms. The van der Waals surface area contributed by atoms with Crippen LogP contribution in [-0.2, 0) is 4.79 Å². The highest BCUT2D eigenvalue weighted by Crippen LogP contribution is 2.44. The summed E-state index contributed by atoms with van der Waals surface area (Å²) in [5.41, 5.74) is -0.104. The molecule has 1 atom stereocenters. The van der Waals surface area contributed by atoms with Crippen LogP contribution in [0.1, 0.15) is 26.7 Å². The van der Waals surface area contributed by atoms with Crippen molar-refractivity contribution in [3.8, 4) is 5.75 Å². The second-order valence-electron chi connectivity index (χ2n) is 6.12. The van der Waals surface area contributed by atoms with Crippen molar-refractivity contribution in [2.24, 2.45) is 11.3 Å². The van der Waals surface area contributed by atoms with Gasteiger partial charge in [-0.05, 0) is 37.0 Å². The van der Waals surface area contributed by atoms with Gasteiger partial charge in [-0.3, -0.25) is 4.79 Å². The van der Waals surface area contributed by atoms with Gasteiger partial charge in [-0.1, -0.05) is 31.5 Å². The highest BCUT2D eigenvalue weighted by molar-refractivity contribution is 6.30. The fraction of sp³-hybridized carbons (Fsp3) is 0.562. The van der Waals surface area contributed by atoms with E-state index in [2.05, 4.69) is 5.32 Å². The summed E-state index contributed by atoms with van der Waals surface area (Å²) in [5, 5.41) is 12.8. The lowest BCUT2D eigenvalue weighted by Crippen LogP contribution is -2.44. The fourth-order valence-electron chi connectivity index (χ4n) is 2.12. The van der Waals surface area contributed by atoms with E-state index in [1.54, 1.807) is 24.3 Å². The third-order valence-corrected chi connectivity index (χ3v) is 4.09. The first-order valence-electron chi connectivity index (χ1n) is 7.27. The summed E-state index contributed by atoms with van der Waals surface area (Å²) in [6, 6.07) is 7.03. The van der Waals surface area contributed by atoms with Crippen molar-refractivity contribution in [1.29, 1.82) is 0 Å². The van der Waals surface area contributed by atoms with E-state index >= 15 is 0 Å². The van der Waals surface area contributed by atoms with E-state index in [1.807, 2.05) is 13.8 Å². The number of hydrogen-bond acceptors (Lipinski definition) is 3. The molecule has 116 valence electrons. The maximum absolute atomic E-state index is 12.3. The summed E-state index contributed by atoms with van der Waals surface area (Å²) in [6.07, 6.45) is 1.36. The quantitative estimate of drug-likeness (QED) is 0.814. The van der Waals surface area contributed by atoms with Crippen molar-refractivity contribution in [1.82, 2.24) is 5.32 Å². The molecular weight excluding hydrogens is 290 g/mol. The number of halogens is 1. The van der Waals surface area contributed by atoms with Gasteiger partial charge in [-0.15, -0.1) is 0 Å². The Morgan fingerprint density at radius 1 is 1.48 bits per heavy atom. The van der Waals surface area contributed by atoms with Gasteiger partial charge in [0.15, 0.2) is 6.10 Å². The molecule has 1 saturated carbocycles. The van der Waals surface area contributed by atoms with E-state index in [9.17, 15) is 9.90 Å². The highest BCUT2D eigenvalue weighted by Gasteiger charge is 2.42. The van der Waals surface area contributed by atoms with Crippen LogP contribution in [-0.4, -0.2) is 30.3 Å². The first-order valence-corrected chi connectivity index (χ1v) is 7.64. The maximum Gasteiger partial charge on any atom is 0.261 e. The monoisotopic (exact) mass is 311 g/mol. The lowest BCUT2D eigenvalue weighted by atomic mass is 10.1. The molecule has 0 radical (unpaired) electrons. The molecule has 1 fully saturated rings. The molecule has 1 aromatic rings. The molecule has 1 aliphatic rings. The van der Waals surface area contributed by atoms with Crippen molar-refractivity contribution in [3.05, 3.63) is 29.3 Å². The second-order valence-corrected chi connectivity index (χ2v) is 6.55. The minimum Gasteiger partial charge on any atom is -0.480 e. The molecule has 0 aliphatic heterocycles. The zero-order valence-electron chi connectivity index (χ0n) is 12.4. The number of hydrogen-bond donors (Lipinski definition) is 2. The van der Waals surface area contributed by atoms with Crippen LogP contribution >= 0.6 is 11.6 Å². The summed E-state index contributed by atoms with van der Waals surface area (Å²) >= 11 is 5.93. The molecule has 0 saturated heterocycles. The van der Waals surface area contributed by atoms with Crippen molar-refractivity contribution >= 4 is 17.5 Å². The molecule has 5 heteroatoms. The van der Waals surface area contributed by atoms with Gasteiger partial charge >= 0.3 is 0 Å². The number of aliphatic hydroxyl groups excluding tert-OH is 1. The molecule has 1 unspecified atom stereocenters. The van der Waals surface area contributed by atoms with Crippen LogP contribution in [0.3, 0.4) is 0 Å². The third-order valence-electron chi connectivity index (χ3n) is 3.85. The van der Waals surface area contributed by atoms with Crippen LogP contribution in [0.4, 0.5) is 0 Å². The third kappa shape index (κ3) is 4.35. The molecule has 1 amide bonds. The minimum absolute atomic E-state index is 0.0354. The van der Waals surface area contributed by atoms with Gasteiger partial charge in [0.25, 0.3) is 5.91 Å². The zero-order valence-corrected chi connectivity index (χ0v) is 13.2. The van der Waals surface area contributed by atoms with Gasteiger partial charge in [0.1, 0.15) is 5.75 Å². The number of aliphatic hydroxyl groups is 1. The highest BCUT2D eigenvalue weighted by atomic mass is 35.5. The number of benzene rings is 1. The first kappa shape index (κ1) is 16.1. The lowest BCUT2D eigenvalue weighted by molar-refractivity contribution is -0.130. The van der Waals surface area contributed by atoms with Crippen LogP contribution in [0.2, 0.25) is 5.02 Å². The van der Waals surface area contributed by atoms with Crippen LogP contribution in [0, 0.1) is 11.3 Å². The number of ether oxygens (including phenoxy) is 1. The molecule has 0 heterocycles. The topological polar surface area (TPSA) is 58.6 Å². The average molecular weight is 312 g/mol. The Bertz CT molecular complexity index is 500. The Morgan fingerprint density at radius 3 is 2.71 bits per heavy atom. The number of amides is 1. The summed E-state index contributed by atoms with van der Waals surface area (Å²) < 4.78 is 5.78. The second kappa shape index (κ2) is 6.67. The number of carbonyl (C=O) groups is 1. The number of rotatable bonds is 7. The van der Waals surface area contributed by atoms with Crippen molar-refractivity contribution in [2.45, 2.75) is 32.8 Å². The molecule has 1 aromatic carbocycles. The van der Waals surface area contributed by atoms with E-state index in [0.717, 1.165) is 12.8 Å². The van der Waals surface area contributed by atoms with Crippen LogP contribution in [0.5, 0.6) is 5.75 Å². The minimum atomic E-state index is -0.571. The predicted octanol–water partition coefficient (Wildman–Crippen LogP) is 2.63. The standard InChI is InChI=1S/C16H22ClNO3/c1-11(2)14(21-13-5-3-4-12(17)8-13)15(20)18-9-16(10-19)6-7-16/h3-5,8,11,14,19H,6-7,9-10H2,1-2H3,(H,18,20). The van der Waals surface area contributed by atoms with Gasteiger partial charge in [0.2, 0.25) is 0 Å². The summed E-state index contributed by atoms with van der Waals surface area (Å²) in [7, 11) is 0. The zero-order chi connectivity index (χ0) is 15.5. The van der Waals surface area contributed by atoms with Crippen molar-refractivity contribution in [2.75, 3.05) is 13.2 Å². The van der Waals surface area contributed by atoms with Gasteiger partial charge < -0.3 is 15.2 Å². The summed E-state index contributed by atoms with van der Waals surface area (Å²) in [6.45, 7) is 4.50. The van der Waals surface area contributed by atoms with E-state index < -0.39 is 6.10 Å². The Labute approximate surface area is 130 Å². The lowest BCUT2D eigenvalue weighted by Gasteiger charge is -2.23. The van der Waals surface area contributed by atoms with Crippen LogP contribution in [0.25, 0.3) is 0 Å². The predicted molar refractivity (Wildman–Crippen MR) is 82.5 cm³/mol. The Morgan fingerprint density at radius 2 is 2.19 bits per heavy atom. The molecule has 4 nitrogen and oxygen atoms in total. The van der Waals surface area contributed by atoms with E-state index in [4.69, 9.17) is 16.3 Å². The summed E-state index contributed by atoms with van der Waals surface area (Å²) in [5.74, 6) is 0.470. The molecule has 0 aromatic heterocycles. The van der Waals surface area contributed by atoms with Crippen LogP contribution in [0.15, 0.2) is 24.3 Å². The number of carbonyl (C=O) groups excluding carboxylic acids is 1. The van der Waals surface area contributed by atoms with Crippen LogP contribution < -0.4 is 10.1 Å². The SMILES string of the molecule is CC(C)C(Oc1cccc(Cl)c1)C(=O)NCC1(CO)CC1. The van der Waals surface area contributed by atoms with Crippen molar-refractivity contribution < 1.29 is 14.6 Å². The number of nitrogens with one attached hydrogen (secondary N) is 1. The molecular formula is C16H22ClNO3. The first-order chi connectivity index (χ1) is 9.96. The largest absolute Gasteiger partial charge is 0.480 e. The normalized spacial score (nSPS) is 17.4. The molecule has 21 heavy (non-hydrogen) atoms. The van der Waals surface area contributed by atoms with Crippen molar-refractivity contribution in [3.63, 3.8) is 0 Å². The van der Waals surface area contributed by atoms with E-state index in [-0.39, 0.29) is 23.8 Å². The Hall–Kier alpha value is -1.26. The molecule has 2 N–H and O–H groups in total. The smallest absolute Gasteiger partial charge is 0.261 e. The van der Waals surface area contributed by atoms with E-state index in [0.29, 0.717) is 17.3 Å². The Balaban J connectivity index is 1.96. The van der Waals surface area contributed by atoms with Gasteiger partial charge in [0.05, 0.1) is 6.61 Å². The average Bonchev–Trinajstić information content (AvgIpc) is 3.23. The fourth-order valence-corrected chi connectivity index (χ4v) is 2.30. The van der Waals surface area contributed by atoms with Gasteiger partial charge in [-0.25, -0.2) is 0 Å². The van der Waals surface area contributed by atoms with E-state index in [1.165, 1.54) is 0 Å². The van der Waals surface area contributed by atoms with Gasteiger partial charge in [-0.2, -0.15) is 0 Å². The Kier molecular flexibility index (Phi) is 5.12.